The van der Waals surface area contributed by atoms with E-state index in [-0.39, 0.29) is 29.4 Å². The van der Waals surface area contributed by atoms with Crippen molar-refractivity contribution >= 4 is 23.6 Å². The zero-order chi connectivity index (χ0) is 21.1. The predicted octanol–water partition coefficient (Wildman–Crippen LogP) is 3.19. The monoisotopic (exact) mass is 431 g/mol. The third-order valence-corrected chi connectivity index (χ3v) is 6.67. The van der Waals surface area contributed by atoms with E-state index in [0.717, 1.165) is 43.9 Å². The average Bonchev–Trinajstić information content (AvgIpc) is 3.39. The molecule has 0 bridgehead atoms. The number of carbonyl (C=O) groups excluding carboxylic acids is 2. The molecule has 0 radical (unpaired) electrons. The lowest BCUT2D eigenvalue weighted by molar-refractivity contribution is -0.140. The molecule has 1 atom stereocenters. The van der Waals surface area contributed by atoms with E-state index in [1.54, 1.807) is 12.1 Å². The minimum atomic E-state index is -0.311. The number of amides is 2. The molecule has 0 N–H and O–H groups in total. The highest BCUT2D eigenvalue weighted by Gasteiger charge is 2.28. The highest BCUT2D eigenvalue weighted by molar-refractivity contribution is 7.99. The van der Waals surface area contributed by atoms with Crippen molar-refractivity contribution in [1.29, 1.82) is 0 Å². The Morgan fingerprint density at radius 3 is 2.50 bits per heavy atom. The molecule has 1 aromatic carbocycles. The number of aromatic nitrogens is 3. The predicted molar refractivity (Wildman–Crippen MR) is 112 cm³/mol. The van der Waals surface area contributed by atoms with Gasteiger partial charge in [0.25, 0.3) is 0 Å². The Balaban J connectivity index is 1.59. The van der Waals surface area contributed by atoms with Gasteiger partial charge < -0.3 is 0 Å². The van der Waals surface area contributed by atoms with Crippen LogP contribution in [0.4, 0.5) is 4.39 Å². The maximum Gasteiger partial charge on any atom is 0.239 e. The second-order valence-corrected chi connectivity index (χ2v) is 8.70. The number of benzene rings is 1. The van der Waals surface area contributed by atoms with Crippen LogP contribution in [0.2, 0.25) is 0 Å². The minimum absolute atomic E-state index is 0.0491. The summed E-state index contributed by atoms with van der Waals surface area (Å²) in [5.74, 6) is 0.260. The Morgan fingerprint density at radius 1 is 1.10 bits per heavy atom. The summed E-state index contributed by atoms with van der Waals surface area (Å²) >= 11 is 1.26. The molecule has 1 aromatic heterocycles. The average molecular weight is 432 g/mol. The summed E-state index contributed by atoms with van der Waals surface area (Å²) in [5.41, 5.74) is 0.757. The molecule has 7 nitrogen and oxygen atoms in total. The van der Waals surface area contributed by atoms with Crippen LogP contribution >= 0.6 is 11.8 Å². The number of halogens is 1. The second kappa shape index (κ2) is 9.26. The van der Waals surface area contributed by atoms with Gasteiger partial charge in [0, 0.05) is 18.7 Å². The zero-order valence-corrected chi connectivity index (χ0v) is 17.9. The van der Waals surface area contributed by atoms with Crippen LogP contribution in [0.1, 0.15) is 50.9 Å². The fourth-order valence-electron chi connectivity index (χ4n) is 4.06. The fraction of sp³-hybridized carbons (Fsp3) is 0.524. The van der Waals surface area contributed by atoms with Crippen molar-refractivity contribution < 1.29 is 14.0 Å². The molecule has 2 saturated heterocycles. The van der Waals surface area contributed by atoms with E-state index in [0.29, 0.717) is 18.1 Å². The SMILES string of the molecule is CC(c1nnc(SCC(=O)N2CCCC2=O)n1-c1ccc(F)cc1)N1CCCCC1. The molecule has 0 aliphatic carbocycles. The van der Waals surface area contributed by atoms with Gasteiger partial charge in [-0.3, -0.25) is 24.0 Å². The van der Waals surface area contributed by atoms with Crippen LogP contribution in [0.25, 0.3) is 5.69 Å². The van der Waals surface area contributed by atoms with Crippen molar-refractivity contribution in [2.75, 3.05) is 25.4 Å². The van der Waals surface area contributed by atoms with Crippen LogP contribution in [0.3, 0.4) is 0 Å². The third kappa shape index (κ3) is 4.41. The molecule has 4 rings (SSSR count). The molecule has 2 aromatic rings. The molecule has 2 fully saturated rings. The molecule has 2 aliphatic rings. The molecule has 160 valence electrons. The first-order valence-corrected chi connectivity index (χ1v) is 11.4. The van der Waals surface area contributed by atoms with E-state index in [9.17, 15) is 14.0 Å². The Bertz CT molecular complexity index is 911. The largest absolute Gasteiger partial charge is 0.294 e. The number of carbonyl (C=O) groups is 2. The van der Waals surface area contributed by atoms with E-state index in [1.807, 2.05) is 4.57 Å². The third-order valence-electron chi connectivity index (χ3n) is 5.75. The van der Waals surface area contributed by atoms with Gasteiger partial charge in [0.15, 0.2) is 11.0 Å². The molecule has 1 unspecified atom stereocenters. The van der Waals surface area contributed by atoms with Crippen LogP contribution < -0.4 is 0 Å². The van der Waals surface area contributed by atoms with Crippen LogP contribution in [0.15, 0.2) is 29.4 Å². The van der Waals surface area contributed by atoms with E-state index in [4.69, 9.17) is 0 Å². The lowest BCUT2D eigenvalue weighted by Crippen LogP contribution is -2.34. The molecule has 0 spiro atoms. The Morgan fingerprint density at radius 2 is 1.83 bits per heavy atom. The van der Waals surface area contributed by atoms with Crippen molar-refractivity contribution in [3.8, 4) is 5.69 Å². The Labute approximate surface area is 179 Å². The van der Waals surface area contributed by atoms with Gasteiger partial charge in [-0.1, -0.05) is 18.2 Å². The van der Waals surface area contributed by atoms with Crippen molar-refractivity contribution in [3.05, 3.63) is 35.9 Å². The maximum absolute atomic E-state index is 13.5. The van der Waals surface area contributed by atoms with Crippen molar-refractivity contribution in [3.63, 3.8) is 0 Å². The second-order valence-electron chi connectivity index (χ2n) is 7.76. The molecular weight excluding hydrogens is 405 g/mol. The van der Waals surface area contributed by atoms with Gasteiger partial charge in [-0.05, 0) is 63.5 Å². The van der Waals surface area contributed by atoms with E-state index in [1.165, 1.54) is 35.2 Å². The van der Waals surface area contributed by atoms with Gasteiger partial charge in [0.1, 0.15) is 5.82 Å². The van der Waals surface area contributed by atoms with Crippen LogP contribution in [-0.4, -0.2) is 61.8 Å². The number of rotatable bonds is 6. The maximum atomic E-state index is 13.5. The van der Waals surface area contributed by atoms with Gasteiger partial charge in [-0.15, -0.1) is 10.2 Å². The summed E-state index contributed by atoms with van der Waals surface area (Å²) < 4.78 is 15.4. The Hall–Kier alpha value is -2.26. The van der Waals surface area contributed by atoms with Crippen LogP contribution in [-0.2, 0) is 9.59 Å². The Kier molecular flexibility index (Phi) is 6.48. The summed E-state index contributed by atoms with van der Waals surface area (Å²) in [4.78, 5) is 28.0. The number of hydrogen-bond donors (Lipinski definition) is 0. The first-order chi connectivity index (χ1) is 14.5. The summed E-state index contributed by atoms with van der Waals surface area (Å²) in [6, 6.07) is 6.26. The number of hydrogen-bond acceptors (Lipinski definition) is 6. The fourth-order valence-corrected chi connectivity index (χ4v) is 4.90. The summed E-state index contributed by atoms with van der Waals surface area (Å²) in [7, 11) is 0. The standard InChI is InChI=1S/C21H26FN5O2S/c1-15(25-11-3-2-4-12-25)20-23-24-21(27(20)17-9-7-16(22)8-10-17)30-14-19(29)26-13-5-6-18(26)28/h7-10,15H,2-6,11-14H2,1H3. The first kappa shape index (κ1) is 21.0. The smallest absolute Gasteiger partial charge is 0.239 e. The minimum Gasteiger partial charge on any atom is -0.294 e. The van der Waals surface area contributed by atoms with E-state index in [2.05, 4.69) is 22.0 Å². The number of imide groups is 1. The van der Waals surface area contributed by atoms with Gasteiger partial charge in [0.2, 0.25) is 11.8 Å². The number of nitrogens with zero attached hydrogens (tertiary/aromatic N) is 5. The van der Waals surface area contributed by atoms with Gasteiger partial charge >= 0.3 is 0 Å². The molecule has 3 heterocycles. The number of thioether (sulfide) groups is 1. The molecule has 0 saturated carbocycles. The molecule has 2 amide bonds. The quantitative estimate of drug-likeness (QED) is 0.654. The normalized spacial score (nSPS) is 18.7. The lowest BCUT2D eigenvalue weighted by atomic mass is 10.1. The molecule has 2 aliphatic heterocycles. The summed E-state index contributed by atoms with van der Waals surface area (Å²) in [6.45, 7) is 4.61. The highest BCUT2D eigenvalue weighted by atomic mass is 32.2. The van der Waals surface area contributed by atoms with Gasteiger partial charge in [-0.25, -0.2) is 4.39 Å². The van der Waals surface area contributed by atoms with Gasteiger partial charge in [0.05, 0.1) is 11.8 Å². The highest BCUT2D eigenvalue weighted by Crippen LogP contribution is 2.29. The van der Waals surface area contributed by atoms with Crippen LogP contribution in [0, 0.1) is 5.82 Å². The molecule has 30 heavy (non-hydrogen) atoms. The van der Waals surface area contributed by atoms with E-state index < -0.39 is 0 Å². The summed E-state index contributed by atoms with van der Waals surface area (Å²) in [5, 5.41) is 9.36. The molecule has 9 heteroatoms. The zero-order valence-electron chi connectivity index (χ0n) is 17.1. The van der Waals surface area contributed by atoms with Crippen molar-refractivity contribution in [1.82, 2.24) is 24.6 Å². The van der Waals surface area contributed by atoms with Crippen molar-refractivity contribution in [2.24, 2.45) is 0 Å². The molecular formula is C21H26FN5O2S. The topological polar surface area (TPSA) is 71.3 Å². The van der Waals surface area contributed by atoms with Crippen molar-refractivity contribution in [2.45, 2.75) is 50.2 Å². The van der Waals surface area contributed by atoms with Crippen LogP contribution in [0.5, 0.6) is 0 Å². The summed E-state index contributed by atoms with van der Waals surface area (Å²) in [6.07, 6.45) is 4.72. The van der Waals surface area contributed by atoms with E-state index >= 15 is 0 Å². The lowest BCUT2D eigenvalue weighted by Gasteiger charge is -2.31. The first-order valence-electron chi connectivity index (χ1n) is 10.5. The van der Waals surface area contributed by atoms with Gasteiger partial charge in [-0.2, -0.15) is 0 Å². The number of likely N-dealkylation sites (tertiary alicyclic amines) is 2. The number of piperidine rings is 1.